The summed E-state index contributed by atoms with van der Waals surface area (Å²) in [6.07, 6.45) is -4.14. The normalized spacial score (nSPS) is 11.2. The Morgan fingerprint density at radius 2 is 1.84 bits per heavy atom. The highest BCUT2D eigenvalue weighted by Crippen LogP contribution is 2.25. The number of carbonyl (C=O) groups excluding carboxylic acids is 1. The van der Waals surface area contributed by atoms with Crippen molar-refractivity contribution in [3.05, 3.63) is 47.4 Å². The predicted octanol–water partition coefficient (Wildman–Crippen LogP) is 3.77. The number of para-hydroxylation sites is 2. The van der Waals surface area contributed by atoms with E-state index in [1.807, 2.05) is 0 Å². The van der Waals surface area contributed by atoms with E-state index < -0.39 is 24.6 Å². The molecule has 0 fully saturated rings. The first kappa shape index (κ1) is 18.4. The lowest BCUT2D eigenvalue weighted by atomic mass is 10.2. The van der Waals surface area contributed by atoms with Crippen molar-refractivity contribution in [3.8, 4) is 0 Å². The van der Waals surface area contributed by atoms with Gasteiger partial charge in [-0.15, -0.1) is 0 Å². The molecule has 0 bridgehead atoms. The maximum absolute atomic E-state index is 12.3. The smallest absolute Gasteiger partial charge is 0.405 e. The van der Waals surface area contributed by atoms with Gasteiger partial charge in [-0.25, -0.2) is 4.79 Å². The number of halogens is 3. The standard InChI is InChI=1S/C16H15F3N2O4/c1-2-12-9(15(23)24)7-13(25-12)14(22)21-11-6-4-3-5-10(11)20-8-16(17,18)19/h3-7,20H,2,8H2,1H3,(H,21,22)(H,23,24). The van der Waals surface area contributed by atoms with Gasteiger partial charge in [-0.3, -0.25) is 4.79 Å². The van der Waals surface area contributed by atoms with Crippen LogP contribution < -0.4 is 10.6 Å². The number of hydrogen-bond acceptors (Lipinski definition) is 4. The fraction of sp³-hybridized carbons (Fsp3) is 0.250. The number of anilines is 2. The van der Waals surface area contributed by atoms with Crippen LogP contribution in [0.3, 0.4) is 0 Å². The number of amides is 1. The number of carboxylic acids is 1. The Bertz CT molecular complexity index is 784. The van der Waals surface area contributed by atoms with E-state index in [1.165, 1.54) is 24.3 Å². The van der Waals surface area contributed by atoms with Gasteiger partial charge in [-0.05, 0) is 12.1 Å². The number of carbonyl (C=O) groups is 2. The molecular formula is C16H15F3N2O4. The van der Waals surface area contributed by atoms with Gasteiger partial charge in [-0.1, -0.05) is 19.1 Å². The van der Waals surface area contributed by atoms with Crippen molar-refractivity contribution < 1.29 is 32.3 Å². The summed E-state index contributed by atoms with van der Waals surface area (Å²) in [5, 5.41) is 13.7. The van der Waals surface area contributed by atoms with Crippen LogP contribution in [0.25, 0.3) is 0 Å². The third-order valence-electron chi connectivity index (χ3n) is 3.24. The minimum absolute atomic E-state index is 0.0777. The van der Waals surface area contributed by atoms with E-state index in [2.05, 4.69) is 10.6 Å². The van der Waals surface area contributed by atoms with Crippen molar-refractivity contribution in [2.24, 2.45) is 0 Å². The minimum atomic E-state index is -4.41. The summed E-state index contributed by atoms with van der Waals surface area (Å²) < 4.78 is 42.2. The molecule has 1 aromatic heterocycles. The second-order valence-electron chi connectivity index (χ2n) is 5.07. The zero-order valence-corrected chi connectivity index (χ0v) is 13.1. The summed E-state index contributed by atoms with van der Waals surface area (Å²) in [6, 6.07) is 6.93. The van der Waals surface area contributed by atoms with Crippen molar-refractivity contribution in [2.45, 2.75) is 19.5 Å². The third-order valence-corrected chi connectivity index (χ3v) is 3.24. The molecular weight excluding hydrogens is 341 g/mol. The molecule has 0 spiro atoms. The van der Waals surface area contributed by atoms with Gasteiger partial charge in [0.2, 0.25) is 0 Å². The second kappa shape index (κ2) is 7.29. The number of hydrogen-bond donors (Lipinski definition) is 3. The molecule has 25 heavy (non-hydrogen) atoms. The van der Waals surface area contributed by atoms with E-state index in [9.17, 15) is 22.8 Å². The van der Waals surface area contributed by atoms with Crippen LogP contribution in [0.2, 0.25) is 0 Å². The molecule has 0 radical (unpaired) electrons. The Labute approximate surface area is 140 Å². The lowest BCUT2D eigenvalue weighted by Crippen LogP contribution is -2.22. The molecule has 134 valence electrons. The number of rotatable bonds is 6. The largest absolute Gasteiger partial charge is 0.478 e. The fourth-order valence-corrected chi connectivity index (χ4v) is 2.11. The van der Waals surface area contributed by atoms with Gasteiger partial charge in [0.05, 0.1) is 11.4 Å². The van der Waals surface area contributed by atoms with E-state index in [-0.39, 0.29) is 34.9 Å². The molecule has 1 aromatic carbocycles. The average molecular weight is 356 g/mol. The molecule has 2 aromatic rings. The number of nitrogens with one attached hydrogen (secondary N) is 2. The van der Waals surface area contributed by atoms with Crippen LogP contribution in [0.15, 0.2) is 34.7 Å². The van der Waals surface area contributed by atoms with Crippen molar-refractivity contribution in [1.29, 1.82) is 0 Å². The molecule has 0 aliphatic heterocycles. The number of aromatic carboxylic acids is 1. The summed E-state index contributed by atoms with van der Waals surface area (Å²) in [5.74, 6) is -2.09. The van der Waals surface area contributed by atoms with Crippen LogP contribution in [0.4, 0.5) is 24.5 Å². The van der Waals surface area contributed by atoms with Crippen LogP contribution >= 0.6 is 0 Å². The molecule has 1 amide bonds. The van der Waals surface area contributed by atoms with Crippen LogP contribution in [0.5, 0.6) is 0 Å². The van der Waals surface area contributed by atoms with Gasteiger partial charge in [0.15, 0.2) is 5.76 Å². The van der Waals surface area contributed by atoms with Gasteiger partial charge in [0.25, 0.3) is 5.91 Å². The first-order valence-electron chi connectivity index (χ1n) is 7.28. The van der Waals surface area contributed by atoms with Crippen molar-refractivity contribution >= 4 is 23.3 Å². The van der Waals surface area contributed by atoms with Crippen LogP contribution in [-0.4, -0.2) is 29.7 Å². The monoisotopic (exact) mass is 356 g/mol. The molecule has 0 aliphatic rings. The van der Waals surface area contributed by atoms with Gasteiger partial charge in [0.1, 0.15) is 17.9 Å². The second-order valence-corrected chi connectivity index (χ2v) is 5.07. The number of benzene rings is 1. The lowest BCUT2D eigenvalue weighted by Gasteiger charge is -2.13. The molecule has 0 saturated carbocycles. The minimum Gasteiger partial charge on any atom is -0.478 e. The summed E-state index contributed by atoms with van der Waals surface area (Å²) in [4.78, 5) is 23.3. The average Bonchev–Trinajstić information content (AvgIpc) is 2.98. The molecule has 3 N–H and O–H groups in total. The molecule has 2 rings (SSSR count). The lowest BCUT2D eigenvalue weighted by molar-refractivity contribution is -0.115. The van der Waals surface area contributed by atoms with Crippen LogP contribution in [0.1, 0.15) is 33.6 Å². The molecule has 9 heteroatoms. The summed E-state index contributed by atoms with van der Waals surface area (Å²) in [5.41, 5.74) is 0.0631. The zero-order chi connectivity index (χ0) is 18.6. The van der Waals surface area contributed by atoms with Crippen molar-refractivity contribution in [2.75, 3.05) is 17.2 Å². The van der Waals surface area contributed by atoms with Crippen LogP contribution in [0, 0.1) is 0 Å². The van der Waals surface area contributed by atoms with Gasteiger partial charge in [0, 0.05) is 12.5 Å². The number of aryl methyl sites for hydroxylation is 1. The zero-order valence-electron chi connectivity index (χ0n) is 13.1. The molecule has 0 aliphatic carbocycles. The Morgan fingerprint density at radius 1 is 1.20 bits per heavy atom. The van der Waals surface area contributed by atoms with Crippen LogP contribution in [-0.2, 0) is 6.42 Å². The first-order chi connectivity index (χ1) is 11.7. The summed E-state index contributed by atoms with van der Waals surface area (Å²) in [7, 11) is 0. The third kappa shape index (κ3) is 4.75. The Balaban J connectivity index is 2.20. The summed E-state index contributed by atoms with van der Waals surface area (Å²) in [6.45, 7) is 0.410. The van der Waals surface area contributed by atoms with Gasteiger partial charge < -0.3 is 20.2 Å². The highest BCUT2D eigenvalue weighted by atomic mass is 19.4. The SMILES string of the molecule is CCc1oc(C(=O)Nc2ccccc2NCC(F)(F)F)cc1C(=O)O. The van der Waals surface area contributed by atoms with E-state index >= 15 is 0 Å². The van der Waals surface area contributed by atoms with Gasteiger partial charge >= 0.3 is 12.1 Å². The van der Waals surface area contributed by atoms with Crippen molar-refractivity contribution in [1.82, 2.24) is 0 Å². The Hall–Kier alpha value is -2.97. The number of carboxylic acid groups (broad SMARTS) is 1. The quantitative estimate of drug-likeness (QED) is 0.733. The first-order valence-corrected chi connectivity index (χ1v) is 7.28. The predicted molar refractivity (Wildman–Crippen MR) is 84.0 cm³/mol. The molecule has 1 heterocycles. The maximum atomic E-state index is 12.3. The Kier molecular flexibility index (Phi) is 5.35. The van der Waals surface area contributed by atoms with Crippen molar-refractivity contribution in [3.63, 3.8) is 0 Å². The van der Waals surface area contributed by atoms with Gasteiger partial charge in [-0.2, -0.15) is 13.2 Å². The highest BCUT2D eigenvalue weighted by Gasteiger charge is 2.27. The molecule has 6 nitrogen and oxygen atoms in total. The fourth-order valence-electron chi connectivity index (χ4n) is 2.11. The molecule has 0 saturated heterocycles. The van der Waals surface area contributed by atoms with E-state index in [0.29, 0.717) is 0 Å². The van der Waals surface area contributed by atoms with E-state index in [0.717, 1.165) is 6.07 Å². The van der Waals surface area contributed by atoms with E-state index in [1.54, 1.807) is 6.92 Å². The Morgan fingerprint density at radius 3 is 2.36 bits per heavy atom. The maximum Gasteiger partial charge on any atom is 0.405 e. The van der Waals surface area contributed by atoms with E-state index in [4.69, 9.17) is 9.52 Å². The number of alkyl halides is 3. The highest BCUT2D eigenvalue weighted by molar-refractivity contribution is 6.05. The topological polar surface area (TPSA) is 91.6 Å². The number of furan rings is 1. The molecule has 0 unspecified atom stereocenters. The summed E-state index contributed by atoms with van der Waals surface area (Å²) >= 11 is 0. The molecule has 0 atom stereocenters.